The van der Waals surface area contributed by atoms with E-state index in [9.17, 15) is 0 Å². The number of rotatable bonds is 16. The van der Waals surface area contributed by atoms with Crippen molar-refractivity contribution in [3.63, 3.8) is 0 Å². The highest BCUT2D eigenvalue weighted by Gasteiger charge is 2.33. The average molecular weight is 449 g/mol. The SMILES string of the molecule is C=C(C)C(=C)OCCCOCC1OC(=C/C)/C(=C\C)OC1COCCCOC(=C)C(=C)C. The smallest absolute Gasteiger partial charge is 0.161 e. The Balaban J connectivity index is 2.43. The van der Waals surface area contributed by atoms with Gasteiger partial charge in [0, 0.05) is 26.1 Å². The lowest BCUT2D eigenvalue weighted by Gasteiger charge is -2.35. The van der Waals surface area contributed by atoms with Crippen LogP contribution in [0.3, 0.4) is 0 Å². The summed E-state index contributed by atoms with van der Waals surface area (Å²) in [6, 6.07) is 0. The van der Waals surface area contributed by atoms with E-state index in [1.165, 1.54) is 0 Å². The third kappa shape index (κ3) is 10.2. The Bertz CT molecular complexity index is 643. The molecular formula is C26H40O6. The molecular weight excluding hydrogens is 408 g/mol. The van der Waals surface area contributed by atoms with Crippen molar-refractivity contribution in [3.8, 4) is 0 Å². The molecule has 1 aliphatic heterocycles. The van der Waals surface area contributed by atoms with Crippen molar-refractivity contribution in [2.45, 2.75) is 52.7 Å². The summed E-state index contributed by atoms with van der Waals surface area (Å²) in [4.78, 5) is 0. The molecule has 2 unspecified atom stereocenters. The third-order valence-corrected chi connectivity index (χ3v) is 4.67. The van der Waals surface area contributed by atoms with Gasteiger partial charge in [0.2, 0.25) is 0 Å². The zero-order valence-corrected chi connectivity index (χ0v) is 20.2. The molecule has 6 nitrogen and oxygen atoms in total. The van der Waals surface area contributed by atoms with Gasteiger partial charge in [-0.25, -0.2) is 0 Å². The van der Waals surface area contributed by atoms with E-state index in [-0.39, 0.29) is 12.2 Å². The molecule has 0 aromatic carbocycles. The van der Waals surface area contributed by atoms with Gasteiger partial charge in [0.05, 0.1) is 26.4 Å². The Morgan fingerprint density at radius 1 is 0.719 bits per heavy atom. The Morgan fingerprint density at radius 2 is 1.09 bits per heavy atom. The van der Waals surface area contributed by atoms with Crippen molar-refractivity contribution in [2.24, 2.45) is 0 Å². The van der Waals surface area contributed by atoms with Crippen LogP contribution in [0.4, 0.5) is 0 Å². The van der Waals surface area contributed by atoms with Crippen molar-refractivity contribution in [1.82, 2.24) is 0 Å². The monoisotopic (exact) mass is 448 g/mol. The molecule has 6 heteroatoms. The van der Waals surface area contributed by atoms with E-state index >= 15 is 0 Å². The first-order valence-corrected chi connectivity index (χ1v) is 11.1. The summed E-state index contributed by atoms with van der Waals surface area (Å²) in [7, 11) is 0. The highest BCUT2D eigenvalue weighted by Crippen LogP contribution is 2.27. The van der Waals surface area contributed by atoms with E-state index < -0.39 is 0 Å². The van der Waals surface area contributed by atoms with Gasteiger partial charge in [-0.05, 0) is 51.0 Å². The van der Waals surface area contributed by atoms with Crippen LogP contribution in [0.1, 0.15) is 40.5 Å². The molecule has 0 aromatic heterocycles. The number of ether oxygens (including phenoxy) is 6. The van der Waals surface area contributed by atoms with Gasteiger partial charge in [-0.1, -0.05) is 26.3 Å². The summed E-state index contributed by atoms with van der Waals surface area (Å²) in [5, 5.41) is 0. The molecule has 1 fully saturated rings. The van der Waals surface area contributed by atoms with E-state index in [0.717, 1.165) is 24.0 Å². The van der Waals surface area contributed by atoms with Gasteiger partial charge in [-0.15, -0.1) is 0 Å². The minimum atomic E-state index is -0.268. The Hall–Kier alpha value is -2.44. The molecule has 1 aliphatic rings. The van der Waals surface area contributed by atoms with Crippen molar-refractivity contribution in [2.75, 3.05) is 39.6 Å². The van der Waals surface area contributed by atoms with Gasteiger partial charge in [0.25, 0.3) is 0 Å². The van der Waals surface area contributed by atoms with Crippen molar-refractivity contribution in [1.29, 1.82) is 0 Å². The Kier molecular flexibility index (Phi) is 13.3. The summed E-state index contributed by atoms with van der Waals surface area (Å²) in [5.74, 6) is 2.64. The molecule has 1 saturated heterocycles. The van der Waals surface area contributed by atoms with E-state index in [4.69, 9.17) is 28.4 Å². The number of allylic oxidation sites excluding steroid dienone is 4. The predicted octanol–water partition coefficient (Wildman–Crippen LogP) is 5.60. The van der Waals surface area contributed by atoms with E-state index in [1.54, 1.807) is 0 Å². The third-order valence-electron chi connectivity index (χ3n) is 4.67. The molecule has 1 rings (SSSR count). The first kappa shape index (κ1) is 27.6. The molecule has 180 valence electrons. The topological polar surface area (TPSA) is 55.4 Å². The summed E-state index contributed by atoms with van der Waals surface area (Å²) in [6.07, 6.45) is 4.73. The fourth-order valence-electron chi connectivity index (χ4n) is 2.66. The molecule has 1 heterocycles. The van der Waals surface area contributed by atoms with Crippen LogP contribution in [0.2, 0.25) is 0 Å². The maximum atomic E-state index is 6.12. The summed E-state index contributed by atoms with van der Waals surface area (Å²) < 4.78 is 34.9. The predicted molar refractivity (Wildman–Crippen MR) is 128 cm³/mol. The zero-order valence-electron chi connectivity index (χ0n) is 20.2. The summed E-state index contributed by atoms with van der Waals surface area (Å²) >= 11 is 0. The van der Waals surface area contributed by atoms with E-state index in [0.29, 0.717) is 62.7 Å². The van der Waals surface area contributed by atoms with Gasteiger partial charge in [0.15, 0.2) is 23.7 Å². The first-order valence-electron chi connectivity index (χ1n) is 11.1. The maximum Gasteiger partial charge on any atom is 0.161 e. The fraction of sp³-hybridized carbons (Fsp3) is 0.538. The number of hydrogen-bond donors (Lipinski definition) is 0. The van der Waals surface area contributed by atoms with Crippen LogP contribution in [0.25, 0.3) is 0 Å². The van der Waals surface area contributed by atoms with Crippen molar-refractivity contribution in [3.05, 3.63) is 72.7 Å². The van der Waals surface area contributed by atoms with Gasteiger partial charge >= 0.3 is 0 Å². The summed E-state index contributed by atoms with van der Waals surface area (Å²) in [6.45, 7) is 25.7. The molecule has 2 atom stereocenters. The summed E-state index contributed by atoms with van der Waals surface area (Å²) in [5.41, 5.74) is 1.65. The van der Waals surface area contributed by atoms with Crippen LogP contribution >= 0.6 is 0 Å². The van der Waals surface area contributed by atoms with E-state index in [1.807, 2.05) is 39.8 Å². The lowest BCUT2D eigenvalue weighted by atomic mass is 10.1. The van der Waals surface area contributed by atoms with Crippen molar-refractivity contribution >= 4 is 0 Å². The van der Waals surface area contributed by atoms with Gasteiger partial charge in [0.1, 0.15) is 11.5 Å². The molecule has 0 spiro atoms. The Labute approximate surface area is 193 Å². The average Bonchev–Trinajstić information content (AvgIpc) is 2.77. The number of hydrogen-bond acceptors (Lipinski definition) is 6. The molecule has 32 heavy (non-hydrogen) atoms. The van der Waals surface area contributed by atoms with Crippen LogP contribution in [0, 0.1) is 0 Å². The Morgan fingerprint density at radius 3 is 1.41 bits per heavy atom. The van der Waals surface area contributed by atoms with Crippen molar-refractivity contribution < 1.29 is 28.4 Å². The zero-order chi connectivity index (χ0) is 23.9. The highest BCUT2D eigenvalue weighted by atomic mass is 16.6. The van der Waals surface area contributed by atoms with Crippen LogP contribution < -0.4 is 0 Å². The van der Waals surface area contributed by atoms with Crippen LogP contribution in [-0.2, 0) is 28.4 Å². The minimum Gasteiger partial charge on any atom is -0.494 e. The fourth-order valence-corrected chi connectivity index (χ4v) is 2.66. The highest BCUT2D eigenvalue weighted by molar-refractivity contribution is 5.22. The lowest BCUT2D eigenvalue weighted by molar-refractivity contribution is -0.124. The van der Waals surface area contributed by atoms with Gasteiger partial charge in [-0.3, -0.25) is 0 Å². The quantitative estimate of drug-likeness (QED) is 0.174. The standard InChI is InChI=1S/C26H40O6/c1-9-23-24(10-2)32-26(18-28-14-12-16-30-22(8)20(5)6)25(31-23)17-27-13-11-15-29-21(7)19(3)4/h9-10,25-26H,3,5,7-8,11-18H2,1-2,4,6H3/b23-9+,24-10+. The molecule has 0 saturated carbocycles. The normalized spacial score (nSPS) is 20.4. The molecule has 0 radical (unpaired) electrons. The van der Waals surface area contributed by atoms with Crippen LogP contribution in [-0.4, -0.2) is 51.8 Å². The van der Waals surface area contributed by atoms with Gasteiger partial charge < -0.3 is 28.4 Å². The first-order chi connectivity index (χ1) is 15.3. The molecule has 0 amide bonds. The van der Waals surface area contributed by atoms with Gasteiger partial charge in [-0.2, -0.15) is 0 Å². The van der Waals surface area contributed by atoms with Crippen LogP contribution in [0.15, 0.2) is 72.7 Å². The second kappa shape index (κ2) is 15.4. The molecule has 0 N–H and O–H groups in total. The largest absolute Gasteiger partial charge is 0.494 e. The van der Waals surface area contributed by atoms with Crippen LogP contribution in [0.5, 0.6) is 0 Å². The molecule has 0 aliphatic carbocycles. The second-order valence-electron chi connectivity index (χ2n) is 7.58. The second-order valence-corrected chi connectivity index (χ2v) is 7.58. The minimum absolute atomic E-state index is 0.268. The maximum absolute atomic E-state index is 6.12. The lowest BCUT2D eigenvalue weighted by Crippen LogP contribution is -2.42. The van der Waals surface area contributed by atoms with E-state index in [2.05, 4.69) is 26.3 Å². The molecule has 0 aromatic rings. The molecule has 0 bridgehead atoms.